The molecule has 0 aromatic heterocycles. The molecule has 1 aromatic carbocycles. The van der Waals surface area contributed by atoms with Crippen molar-refractivity contribution in [3.63, 3.8) is 0 Å². The summed E-state index contributed by atoms with van der Waals surface area (Å²) in [5.41, 5.74) is 7.42. The first-order valence-electron chi connectivity index (χ1n) is 6.84. The van der Waals surface area contributed by atoms with E-state index in [0.29, 0.717) is 5.92 Å². The van der Waals surface area contributed by atoms with Crippen molar-refractivity contribution in [3.05, 3.63) is 30.3 Å². The number of rotatable bonds is 4. The molecular weight excluding hydrogens is 208 g/mol. The van der Waals surface area contributed by atoms with Crippen LogP contribution in [-0.4, -0.2) is 12.1 Å². The van der Waals surface area contributed by atoms with Crippen LogP contribution in [0.3, 0.4) is 0 Å². The predicted octanol–water partition coefficient (Wildman–Crippen LogP) is 3.40. The Morgan fingerprint density at radius 3 is 2.71 bits per heavy atom. The van der Waals surface area contributed by atoms with Crippen LogP contribution in [0.2, 0.25) is 0 Å². The minimum Gasteiger partial charge on any atom is -0.378 e. The largest absolute Gasteiger partial charge is 0.378 e. The van der Waals surface area contributed by atoms with E-state index in [1.54, 1.807) is 0 Å². The number of anilines is 1. The molecule has 1 aliphatic rings. The molecule has 0 aliphatic heterocycles. The third-order valence-electron chi connectivity index (χ3n) is 4.23. The topological polar surface area (TPSA) is 38.0 Å². The van der Waals surface area contributed by atoms with Crippen molar-refractivity contribution in [2.24, 2.45) is 11.7 Å². The maximum absolute atomic E-state index is 6.09. The van der Waals surface area contributed by atoms with Gasteiger partial charge in [0.2, 0.25) is 0 Å². The van der Waals surface area contributed by atoms with E-state index in [2.05, 4.69) is 42.6 Å². The van der Waals surface area contributed by atoms with Crippen molar-refractivity contribution in [1.82, 2.24) is 0 Å². The van der Waals surface area contributed by atoms with Crippen LogP contribution >= 0.6 is 0 Å². The van der Waals surface area contributed by atoms with Crippen LogP contribution in [0.4, 0.5) is 5.69 Å². The Kier molecular flexibility index (Phi) is 4.06. The minimum atomic E-state index is 0.119. The van der Waals surface area contributed by atoms with E-state index in [1.807, 2.05) is 0 Å². The van der Waals surface area contributed by atoms with Gasteiger partial charge in [-0.25, -0.2) is 0 Å². The first-order valence-corrected chi connectivity index (χ1v) is 6.84. The van der Waals surface area contributed by atoms with Gasteiger partial charge in [-0.05, 0) is 30.9 Å². The monoisotopic (exact) mass is 232 g/mol. The van der Waals surface area contributed by atoms with Gasteiger partial charge < -0.3 is 11.1 Å². The summed E-state index contributed by atoms with van der Waals surface area (Å²) >= 11 is 0. The molecule has 2 nitrogen and oxygen atoms in total. The summed E-state index contributed by atoms with van der Waals surface area (Å²) in [5, 5.41) is 3.72. The van der Waals surface area contributed by atoms with E-state index in [0.717, 1.165) is 6.54 Å². The van der Waals surface area contributed by atoms with E-state index in [9.17, 15) is 0 Å². The number of hydrogen-bond donors (Lipinski definition) is 2. The average molecular weight is 232 g/mol. The second kappa shape index (κ2) is 5.54. The van der Waals surface area contributed by atoms with Gasteiger partial charge in [0.05, 0.1) is 5.54 Å². The van der Waals surface area contributed by atoms with Crippen LogP contribution in [0.25, 0.3) is 0 Å². The molecule has 0 bridgehead atoms. The lowest BCUT2D eigenvalue weighted by molar-refractivity contribution is 0.212. The fourth-order valence-corrected chi connectivity index (χ4v) is 3.20. The number of nitrogens with one attached hydrogen (secondary N) is 1. The smallest absolute Gasteiger partial charge is 0.0523 e. The summed E-state index contributed by atoms with van der Waals surface area (Å²) in [6.07, 6.45) is 6.39. The molecule has 2 heteroatoms. The highest BCUT2D eigenvalue weighted by atomic mass is 15.0. The second-order valence-corrected chi connectivity index (χ2v) is 5.20. The molecule has 17 heavy (non-hydrogen) atoms. The van der Waals surface area contributed by atoms with Crippen LogP contribution in [0.5, 0.6) is 0 Å². The Hall–Kier alpha value is -1.02. The van der Waals surface area contributed by atoms with Crippen LogP contribution in [0, 0.1) is 5.92 Å². The van der Waals surface area contributed by atoms with Gasteiger partial charge in [0.1, 0.15) is 0 Å². The lowest BCUT2D eigenvalue weighted by Crippen LogP contribution is -2.53. The van der Waals surface area contributed by atoms with Gasteiger partial charge in [-0.2, -0.15) is 0 Å². The molecule has 2 rings (SSSR count). The lowest BCUT2D eigenvalue weighted by Gasteiger charge is -2.44. The lowest BCUT2D eigenvalue weighted by atomic mass is 9.71. The van der Waals surface area contributed by atoms with Gasteiger partial charge in [-0.3, -0.25) is 0 Å². The highest BCUT2D eigenvalue weighted by Gasteiger charge is 2.38. The molecule has 0 spiro atoms. The Balaban J connectivity index is 2.17. The Morgan fingerprint density at radius 1 is 1.29 bits per heavy atom. The van der Waals surface area contributed by atoms with Gasteiger partial charge in [0.25, 0.3) is 0 Å². The zero-order valence-corrected chi connectivity index (χ0v) is 10.8. The summed E-state index contributed by atoms with van der Waals surface area (Å²) in [6.45, 7) is 3.02. The number of para-hydroxylation sites is 1. The summed E-state index contributed by atoms with van der Waals surface area (Å²) in [6, 6.07) is 10.5. The Morgan fingerprint density at radius 2 is 2.06 bits per heavy atom. The van der Waals surface area contributed by atoms with Crippen molar-refractivity contribution in [3.8, 4) is 0 Å². The molecule has 1 saturated carbocycles. The highest BCUT2D eigenvalue weighted by molar-refractivity contribution is 5.45. The molecule has 0 saturated heterocycles. The van der Waals surface area contributed by atoms with Crippen molar-refractivity contribution in [2.75, 3.05) is 11.9 Å². The number of benzene rings is 1. The molecule has 3 N–H and O–H groups in total. The highest BCUT2D eigenvalue weighted by Crippen LogP contribution is 2.37. The summed E-state index contributed by atoms with van der Waals surface area (Å²) in [5.74, 6) is 0.710. The fourth-order valence-electron chi connectivity index (χ4n) is 3.20. The molecule has 0 radical (unpaired) electrons. The summed E-state index contributed by atoms with van der Waals surface area (Å²) in [7, 11) is 0. The Labute approximate surface area is 105 Å². The molecule has 0 heterocycles. The normalized spacial score (nSPS) is 28.9. The van der Waals surface area contributed by atoms with Crippen molar-refractivity contribution in [1.29, 1.82) is 0 Å². The SMILES string of the molecule is CCC1CCCCC1(CN)Nc1ccccc1. The van der Waals surface area contributed by atoms with E-state index < -0.39 is 0 Å². The fraction of sp³-hybridized carbons (Fsp3) is 0.600. The molecule has 2 atom stereocenters. The van der Waals surface area contributed by atoms with E-state index in [1.165, 1.54) is 37.8 Å². The van der Waals surface area contributed by atoms with Crippen LogP contribution < -0.4 is 11.1 Å². The molecule has 2 unspecified atom stereocenters. The van der Waals surface area contributed by atoms with Crippen molar-refractivity contribution >= 4 is 5.69 Å². The molecule has 94 valence electrons. The minimum absolute atomic E-state index is 0.119. The van der Waals surface area contributed by atoms with E-state index >= 15 is 0 Å². The maximum Gasteiger partial charge on any atom is 0.0523 e. The average Bonchev–Trinajstić information content (AvgIpc) is 2.40. The van der Waals surface area contributed by atoms with Crippen LogP contribution in [-0.2, 0) is 0 Å². The zero-order valence-electron chi connectivity index (χ0n) is 10.8. The van der Waals surface area contributed by atoms with E-state index in [4.69, 9.17) is 5.73 Å². The maximum atomic E-state index is 6.09. The summed E-state index contributed by atoms with van der Waals surface area (Å²) < 4.78 is 0. The molecule has 1 aromatic rings. The van der Waals surface area contributed by atoms with Crippen LogP contribution in [0.1, 0.15) is 39.0 Å². The number of nitrogens with two attached hydrogens (primary N) is 1. The molecule has 0 amide bonds. The summed E-state index contributed by atoms with van der Waals surface area (Å²) in [4.78, 5) is 0. The van der Waals surface area contributed by atoms with Crippen molar-refractivity contribution in [2.45, 2.75) is 44.6 Å². The first-order chi connectivity index (χ1) is 8.30. The molecular formula is C15H24N2. The predicted molar refractivity (Wildman–Crippen MR) is 74.1 cm³/mol. The standard InChI is InChI=1S/C15H24N2/c1-2-13-8-6-7-11-15(13,12-16)17-14-9-4-3-5-10-14/h3-5,9-10,13,17H,2,6-8,11-12,16H2,1H3. The number of hydrogen-bond acceptors (Lipinski definition) is 2. The van der Waals surface area contributed by atoms with Gasteiger partial charge in [-0.1, -0.05) is 44.4 Å². The van der Waals surface area contributed by atoms with Crippen molar-refractivity contribution < 1.29 is 0 Å². The third-order valence-corrected chi connectivity index (χ3v) is 4.23. The second-order valence-electron chi connectivity index (χ2n) is 5.20. The Bertz CT molecular complexity index is 336. The van der Waals surface area contributed by atoms with Gasteiger partial charge in [0.15, 0.2) is 0 Å². The molecule has 1 fully saturated rings. The molecule has 1 aliphatic carbocycles. The quantitative estimate of drug-likeness (QED) is 0.835. The van der Waals surface area contributed by atoms with Crippen LogP contribution in [0.15, 0.2) is 30.3 Å². The first kappa shape index (κ1) is 12.4. The van der Waals surface area contributed by atoms with E-state index in [-0.39, 0.29) is 5.54 Å². The third kappa shape index (κ3) is 2.63. The van der Waals surface area contributed by atoms with Gasteiger partial charge >= 0.3 is 0 Å². The van der Waals surface area contributed by atoms with Gasteiger partial charge in [0, 0.05) is 12.2 Å². The van der Waals surface area contributed by atoms with Gasteiger partial charge in [-0.15, -0.1) is 0 Å². The zero-order chi connectivity index (χ0) is 12.1.